The number of aromatic nitrogens is 3. The lowest BCUT2D eigenvalue weighted by molar-refractivity contribution is -0.113. The molecule has 1 heterocycles. The van der Waals surface area contributed by atoms with Crippen LogP contribution in [0.15, 0.2) is 52.1 Å². The highest BCUT2D eigenvalue weighted by Gasteiger charge is 2.10. The van der Waals surface area contributed by atoms with Gasteiger partial charge in [-0.1, -0.05) is 35.0 Å². The molecule has 3 rings (SSSR count). The van der Waals surface area contributed by atoms with Crippen molar-refractivity contribution in [1.82, 2.24) is 20.5 Å². The first-order valence-corrected chi connectivity index (χ1v) is 10.8. The molecule has 0 aliphatic rings. The van der Waals surface area contributed by atoms with Gasteiger partial charge in [0.1, 0.15) is 5.82 Å². The third-order valence-electron chi connectivity index (χ3n) is 3.57. The van der Waals surface area contributed by atoms with Crippen LogP contribution in [-0.4, -0.2) is 32.7 Å². The highest BCUT2D eigenvalue weighted by Crippen LogP contribution is 2.25. The molecule has 0 radical (unpaired) electrons. The number of thioether (sulfide) groups is 1. The largest absolute Gasteiger partial charge is 0.345 e. The fourth-order valence-corrected chi connectivity index (χ4v) is 3.36. The van der Waals surface area contributed by atoms with Gasteiger partial charge in [-0.2, -0.15) is 0 Å². The molecule has 0 aliphatic carbocycles. The van der Waals surface area contributed by atoms with Crippen LogP contribution in [0.25, 0.3) is 0 Å². The topological polar surface area (TPSA) is 99.8 Å². The van der Waals surface area contributed by atoms with E-state index in [1.807, 2.05) is 0 Å². The molecule has 0 atom stereocenters. The molecule has 7 nitrogen and oxygen atoms in total. The van der Waals surface area contributed by atoms with E-state index in [0.717, 1.165) is 4.47 Å². The molecule has 0 saturated carbocycles. The van der Waals surface area contributed by atoms with Gasteiger partial charge in [0.2, 0.25) is 11.1 Å². The first-order valence-electron chi connectivity index (χ1n) is 8.23. The fraction of sp³-hybridized carbons (Fsp3) is 0.111. The number of amides is 2. The average molecular weight is 515 g/mol. The molecule has 3 N–H and O–H groups in total. The van der Waals surface area contributed by atoms with Crippen LogP contribution in [0, 0.1) is 0 Å². The van der Waals surface area contributed by atoms with Gasteiger partial charge < -0.3 is 10.6 Å². The van der Waals surface area contributed by atoms with E-state index in [0.29, 0.717) is 32.3 Å². The summed E-state index contributed by atoms with van der Waals surface area (Å²) in [6.07, 6.45) is 0. The number of rotatable bonds is 7. The molecular weight excluding hydrogens is 501 g/mol. The van der Waals surface area contributed by atoms with Gasteiger partial charge in [-0.15, -0.1) is 5.10 Å². The van der Waals surface area contributed by atoms with Crippen LogP contribution in [-0.2, 0) is 11.3 Å². The Morgan fingerprint density at radius 3 is 2.62 bits per heavy atom. The Balaban J connectivity index is 1.46. The summed E-state index contributed by atoms with van der Waals surface area (Å²) in [7, 11) is 0. The normalized spacial score (nSPS) is 10.6. The third-order valence-corrected chi connectivity index (χ3v) is 5.90. The second-order valence-corrected chi connectivity index (χ2v) is 8.36. The van der Waals surface area contributed by atoms with Gasteiger partial charge in [0.15, 0.2) is 0 Å². The molecule has 11 heteroatoms. The van der Waals surface area contributed by atoms with Crippen molar-refractivity contribution in [2.45, 2.75) is 11.7 Å². The maximum absolute atomic E-state index is 12.1. The van der Waals surface area contributed by atoms with Gasteiger partial charge in [-0.05, 0) is 58.4 Å². The number of carbonyl (C=O) groups is 2. The van der Waals surface area contributed by atoms with Gasteiger partial charge in [0.25, 0.3) is 5.91 Å². The number of aromatic amines is 1. The molecule has 2 amide bonds. The Morgan fingerprint density at radius 1 is 1.14 bits per heavy atom. The molecular formula is C18H14BrCl2N5O2S. The average Bonchev–Trinajstić information content (AvgIpc) is 3.16. The van der Waals surface area contributed by atoms with E-state index in [-0.39, 0.29) is 24.1 Å². The summed E-state index contributed by atoms with van der Waals surface area (Å²) in [4.78, 5) is 28.4. The minimum atomic E-state index is -0.250. The molecule has 0 spiro atoms. The number of H-pyrrole nitrogens is 1. The summed E-state index contributed by atoms with van der Waals surface area (Å²) in [5.74, 6) is 0.146. The molecule has 0 fully saturated rings. The molecule has 3 aromatic rings. The Labute approximate surface area is 189 Å². The second-order valence-electron chi connectivity index (χ2n) is 5.72. The summed E-state index contributed by atoms with van der Waals surface area (Å²) in [6.45, 7) is 0.179. The van der Waals surface area contributed by atoms with Crippen LogP contribution in [0.4, 0.5) is 5.69 Å². The zero-order chi connectivity index (χ0) is 20.8. The van der Waals surface area contributed by atoms with Crippen LogP contribution in [0.2, 0.25) is 10.0 Å². The molecule has 0 unspecified atom stereocenters. The van der Waals surface area contributed by atoms with Crippen LogP contribution in [0.5, 0.6) is 0 Å². The predicted octanol–water partition coefficient (Wildman–Crippen LogP) is 4.53. The number of halogens is 3. The molecule has 0 bridgehead atoms. The van der Waals surface area contributed by atoms with Crippen molar-refractivity contribution in [2.75, 3.05) is 11.1 Å². The van der Waals surface area contributed by atoms with E-state index in [1.165, 1.54) is 11.8 Å². The molecule has 150 valence electrons. The van der Waals surface area contributed by atoms with Gasteiger partial charge in [0.05, 0.1) is 17.3 Å². The Bertz CT molecular complexity index is 1030. The molecule has 0 saturated heterocycles. The molecule has 29 heavy (non-hydrogen) atoms. The number of benzene rings is 2. The minimum absolute atomic E-state index is 0.127. The standard InChI is InChI=1S/C18H14BrCl2N5O2S/c19-13-6-5-12(7-14(13)21)23-16(27)9-29-18-24-15(25-26-18)8-22-17(28)10-1-3-11(20)4-2-10/h1-7H,8-9H2,(H,22,28)(H,23,27)(H,24,25,26). The van der Waals surface area contributed by atoms with Crippen LogP contribution in [0.3, 0.4) is 0 Å². The van der Waals surface area contributed by atoms with E-state index >= 15 is 0 Å². The van der Waals surface area contributed by atoms with E-state index in [1.54, 1.807) is 42.5 Å². The lowest BCUT2D eigenvalue weighted by Crippen LogP contribution is -2.23. The first kappa shape index (κ1) is 21.6. The smallest absolute Gasteiger partial charge is 0.251 e. The summed E-state index contributed by atoms with van der Waals surface area (Å²) in [6, 6.07) is 11.7. The van der Waals surface area contributed by atoms with Crippen LogP contribution >= 0.6 is 50.9 Å². The molecule has 2 aromatic carbocycles. The van der Waals surface area contributed by atoms with Crippen molar-refractivity contribution >= 4 is 68.4 Å². The summed E-state index contributed by atoms with van der Waals surface area (Å²) in [5.41, 5.74) is 1.10. The Morgan fingerprint density at radius 2 is 1.90 bits per heavy atom. The van der Waals surface area contributed by atoms with Crippen LogP contribution < -0.4 is 10.6 Å². The maximum Gasteiger partial charge on any atom is 0.251 e. The number of nitrogens with one attached hydrogen (secondary N) is 3. The highest BCUT2D eigenvalue weighted by molar-refractivity contribution is 9.10. The zero-order valence-electron chi connectivity index (χ0n) is 14.7. The van der Waals surface area contributed by atoms with Crippen molar-refractivity contribution in [3.8, 4) is 0 Å². The Hall–Kier alpha value is -2.07. The fourth-order valence-electron chi connectivity index (χ4n) is 2.19. The molecule has 0 aliphatic heterocycles. The number of anilines is 1. The lowest BCUT2D eigenvalue weighted by Gasteiger charge is -2.05. The number of hydrogen-bond acceptors (Lipinski definition) is 5. The Kier molecular flexibility index (Phi) is 7.54. The third kappa shape index (κ3) is 6.46. The van der Waals surface area contributed by atoms with Gasteiger partial charge in [0, 0.05) is 20.7 Å². The number of carbonyl (C=O) groups excluding carboxylic acids is 2. The van der Waals surface area contributed by atoms with Gasteiger partial charge >= 0.3 is 0 Å². The number of nitrogens with zero attached hydrogens (tertiary/aromatic N) is 2. The summed E-state index contributed by atoms with van der Waals surface area (Å²) >= 11 is 16.3. The van der Waals surface area contributed by atoms with Crippen molar-refractivity contribution < 1.29 is 9.59 Å². The van der Waals surface area contributed by atoms with E-state index in [4.69, 9.17) is 23.2 Å². The van der Waals surface area contributed by atoms with Crippen LogP contribution in [0.1, 0.15) is 16.2 Å². The lowest BCUT2D eigenvalue weighted by atomic mass is 10.2. The summed E-state index contributed by atoms with van der Waals surface area (Å²) < 4.78 is 0.753. The number of hydrogen-bond donors (Lipinski definition) is 3. The quantitative estimate of drug-likeness (QED) is 0.402. The monoisotopic (exact) mass is 513 g/mol. The van der Waals surface area contributed by atoms with Crippen molar-refractivity contribution in [3.63, 3.8) is 0 Å². The molecule has 1 aromatic heterocycles. The van der Waals surface area contributed by atoms with Crippen molar-refractivity contribution in [1.29, 1.82) is 0 Å². The van der Waals surface area contributed by atoms with Crippen molar-refractivity contribution in [3.05, 3.63) is 68.4 Å². The predicted molar refractivity (Wildman–Crippen MR) is 118 cm³/mol. The van der Waals surface area contributed by atoms with E-state index in [2.05, 4.69) is 41.7 Å². The SMILES string of the molecule is O=C(CSc1n[nH]c(CNC(=O)c2ccc(Cl)cc2)n1)Nc1ccc(Br)c(Cl)c1. The second kappa shape index (κ2) is 10.1. The van der Waals surface area contributed by atoms with Gasteiger partial charge in [-0.25, -0.2) is 4.98 Å². The minimum Gasteiger partial charge on any atom is -0.345 e. The van der Waals surface area contributed by atoms with Gasteiger partial charge in [-0.3, -0.25) is 14.7 Å². The summed E-state index contributed by atoms with van der Waals surface area (Å²) in [5, 5.41) is 13.7. The maximum atomic E-state index is 12.1. The van der Waals surface area contributed by atoms with Crippen molar-refractivity contribution in [2.24, 2.45) is 0 Å². The first-order chi connectivity index (χ1) is 13.9. The van der Waals surface area contributed by atoms with E-state index < -0.39 is 0 Å². The zero-order valence-corrected chi connectivity index (χ0v) is 18.6. The highest BCUT2D eigenvalue weighted by atomic mass is 79.9. The van der Waals surface area contributed by atoms with E-state index in [9.17, 15) is 9.59 Å².